The van der Waals surface area contributed by atoms with Crippen molar-refractivity contribution in [1.29, 1.82) is 0 Å². The van der Waals surface area contributed by atoms with Crippen molar-refractivity contribution in [3.05, 3.63) is 0 Å². The zero-order valence-electron chi connectivity index (χ0n) is 5.31. The summed E-state index contributed by atoms with van der Waals surface area (Å²) in [6, 6.07) is 0. The molecule has 0 N–H and O–H groups in total. The minimum absolute atomic E-state index is 0.611. The van der Waals surface area contributed by atoms with E-state index in [1.807, 2.05) is 13.1 Å². The number of hydrogen-bond donors (Lipinski definition) is 0. The highest BCUT2D eigenvalue weighted by Gasteiger charge is 1.79. The molecule has 0 aromatic rings. The summed E-state index contributed by atoms with van der Waals surface area (Å²) in [5.41, 5.74) is 0. The van der Waals surface area contributed by atoms with Gasteiger partial charge in [0.1, 0.15) is 0 Å². The summed E-state index contributed by atoms with van der Waals surface area (Å²) in [4.78, 5) is 4.05. The molecular formula is C6H13N. The summed E-state index contributed by atoms with van der Waals surface area (Å²) in [6.45, 7) is 7.20. The fourth-order valence-electron chi connectivity index (χ4n) is 0.316. The maximum atomic E-state index is 4.05. The molecule has 0 saturated heterocycles. The number of rotatable bonds is 2. The largest absolute Gasteiger partial charge is 0.298 e. The van der Waals surface area contributed by atoms with Gasteiger partial charge in [-0.25, -0.2) is 0 Å². The molecule has 0 fully saturated rings. The van der Waals surface area contributed by atoms with Crippen LogP contribution in [-0.4, -0.2) is 12.8 Å². The lowest BCUT2D eigenvalue weighted by Crippen LogP contribution is -1.86. The topological polar surface area (TPSA) is 12.4 Å². The second-order valence-corrected chi connectivity index (χ2v) is 1.89. The van der Waals surface area contributed by atoms with Gasteiger partial charge in [-0.3, -0.25) is 4.99 Å². The molecule has 42 valence electrons. The van der Waals surface area contributed by atoms with Crippen LogP contribution in [0.2, 0.25) is 0 Å². The molecule has 0 aliphatic heterocycles. The predicted molar refractivity (Wildman–Crippen MR) is 33.9 cm³/mol. The second-order valence-electron chi connectivity index (χ2n) is 1.89. The van der Waals surface area contributed by atoms with Crippen LogP contribution in [0.25, 0.3) is 0 Å². The number of nitrogens with zero attached hydrogens (tertiary/aromatic N) is 1. The molecule has 0 rings (SSSR count). The van der Waals surface area contributed by atoms with Crippen molar-refractivity contribution in [1.82, 2.24) is 0 Å². The molecule has 0 amide bonds. The van der Waals surface area contributed by atoms with E-state index < -0.39 is 0 Å². The first-order chi connectivity index (χ1) is 3.27. The van der Waals surface area contributed by atoms with Crippen LogP contribution in [0.5, 0.6) is 0 Å². The van der Waals surface area contributed by atoms with Gasteiger partial charge in [-0.05, 0) is 12.8 Å². The Balaban J connectivity index is 3.08. The van der Waals surface area contributed by atoms with Crippen LogP contribution in [-0.2, 0) is 0 Å². The van der Waals surface area contributed by atoms with Crippen molar-refractivity contribution >= 4 is 6.21 Å². The number of hydrogen-bond acceptors (Lipinski definition) is 1. The van der Waals surface area contributed by atoms with E-state index in [4.69, 9.17) is 0 Å². The van der Waals surface area contributed by atoms with Crippen LogP contribution in [0, 0.1) is 5.92 Å². The molecule has 0 saturated carbocycles. The molecule has 0 aromatic heterocycles. The lowest BCUT2D eigenvalue weighted by atomic mass is 10.2. The van der Waals surface area contributed by atoms with Crippen molar-refractivity contribution in [2.75, 3.05) is 6.54 Å². The normalized spacial score (nSPS) is 11.4. The average molecular weight is 99.2 g/mol. The monoisotopic (exact) mass is 99.1 g/mol. The highest BCUT2D eigenvalue weighted by Crippen LogP contribution is 1.83. The quantitative estimate of drug-likeness (QED) is 0.467. The molecule has 1 heteroatoms. The first kappa shape index (κ1) is 6.67. The summed E-state index contributed by atoms with van der Waals surface area (Å²) in [5.74, 6) is 0.611. The third-order valence-electron chi connectivity index (χ3n) is 0.586. The van der Waals surface area contributed by atoms with Crippen molar-refractivity contribution < 1.29 is 0 Å². The molecule has 1 nitrogen and oxygen atoms in total. The Morgan fingerprint density at radius 2 is 2.14 bits per heavy atom. The molecule has 0 bridgehead atoms. The van der Waals surface area contributed by atoms with E-state index in [-0.39, 0.29) is 0 Å². The summed E-state index contributed by atoms with van der Waals surface area (Å²) >= 11 is 0. The van der Waals surface area contributed by atoms with E-state index >= 15 is 0 Å². The summed E-state index contributed by atoms with van der Waals surface area (Å²) in [5, 5.41) is 0. The molecule has 0 aromatic carbocycles. The van der Waals surface area contributed by atoms with Crippen LogP contribution in [0.1, 0.15) is 20.8 Å². The summed E-state index contributed by atoms with van der Waals surface area (Å²) < 4.78 is 0. The zero-order chi connectivity index (χ0) is 5.70. The highest BCUT2D eigenvalue weighted by atomic mass is 14.7. The SMILES string of the molecule is CC/N=C/C(C)C. The Labute approximate surface area is 45.5 Å². The van der Waals surface area contributed by atoms with Gasteiger partial charge in [0.05, 0.1) is 0 Å². The van der Waals surface area contributed by atoms with Gasteiger partial charge in [-0.2, -0.15) is 0 Å². The zero-order valence-corrected chi connectivity index (χ0v) is 5.31. The average Bonchev–Trinajstić information content (AvgIpc) is 1.61. The fourth-order valence-corrected chi connectivity index (χ4v) is 0.316. The third-order valence-corrected chi connectivity index (χ3v) is 0.586. The smallest absolute Gasteiger partial charge is 0.0357 e. The second kappa shape index (κ2) is 3.85. The van der Waals surface area contributed by atoms with Crippen molar-refractivity contribution in [3.8, 4) is 0 Å². The van der Waals surface area contributed by atoms with Crippen molar-refractivity contribution in [2.45, 2.75) is 20.8 Å². The molecule has 7 heavy (non-hydrogen) atoms. The molecule has 0 unspecified atom stereocenters. The van der Waals surface area contributed by atoms with Crippen LogP contribution in [0.3, 0.4) is 0 Å². The van der Waals surface area contributed by atoms with Gasteiger partial charge in [-0.1, -0.05) is 13.8 Å². The highest BCUT2D eigenvalue weighted by molar-refractivity contribution is 5.59. The first-order valence-corrected chi connectivity index (χ1v) is 2.77. The van der Waals surface area contributed by atoms with E-state index in [1.165, 1.54) is 0 Å². The molecule has 0 aliphatic carbocycles. The van der Waals surface area contributed by atoms with Crippen LogP contribution in [0.15, 0.2) is 4.99 Å². The van der Waals surface area contributed by atoms with Gasteiger partial charge in [0, 0.05) is 12.8 Å². The summed E-state index contributed by atoms with van der Waals surface area (Å²) in [7, 11) is 0. The maximum Gasteiger partial charge on any atom is 0.0357 e. The Bertz CT molecular complexity index is 55.2. The van der Waals surface area contributed by atoms with E-state index in [0.29, 0.717) is 5.92 Å². The van der Waals surface area contributed by atoms with E-state index in [9.17, 15) is 0 Å². The molecule has 0 atom stereocenters. The number of aliphatic imine (C=N–C) groups is 1. The van der Waals surface area contributed by atoms with Crippen LogP contribution >= 0.6 is 0 Å². The first-order valence-electron chi connectivity index (χ1n) is 2.77. The summed E-state index contributed by atoms with van der Waals surface area (Å²) in [6.07, 6.45) is 1.97. The molecule has 0 radical (unpaired) electrons. The minimum Gasteiger partial charge on any atom is -0.298 e. The Kier molecular flexibility index (Phi) is 3.67. The lowest BCUT2D eigenvalue weighted by molar-refractivity contribution is 0.897. The third kappa shape index (κ3) is 5.67. The van der Waals surface area contributed by atoms with Gasteiger partial charge in [-0.15, -0.1) is 0 Å². The molecular weight excluding hydrogens is 86.1 g/mol. The van der Waals surface area contributed by atoms with Gasteiger partial charge < -0.3 is 0 Å². The van der Waals surface area contributed by atoms with E-state index in [0.717, 1.165) is 6.54 Å². The van der Waals surface area contributed by atoms with Gasteiger partial charge in [0.25, 0.3) is 0 Å². The molecule has 0 heterocycles. The maximum absolute atomic E-state index is 4.05. The van der Waals surface area contributed by atoms with Crippen LogP contribution < -0.4 is 0 Å². The van der Waals surface area contributed by atoms with E-state index in [1.54, 1.807) is 0 Å². The Morgan fingerprint density at radius 1 is 1.57 bits per heavy atom. The Morgan fingerprint density at radius 3 is 2.29 bits per heavy atom. The van der Waals surface area contributed by atoms with Gasteiger partial charge >= 0.3 is 0 Å². The van der Waals surface area contributed by atoms with Crippen molar-refractivity contribution in [2.24, 2.45) is 10.9 Å². The minimum atomic E-state index is 0.611. The lowest BCUT2D eigenvalue weighted by Gasteiger charge is -1.88. The van der Waals surface area contributed by atoms with Gasteiger partial charge in [0.2, 0.25) is 0 Å². The van der Waals surface area contributed by atoms with E-state index in [2.05, 4.69) is 18.8 Å². The standard InChI is InChI=1S/C6H13N/c1-4-7-5-6(2)3/h5-6H,4H2,1-3H3/b7-5+. The van der Waals surface area contributed by atoms with Crippen LogP contribution in [0.4, 0.5) is 0 Å². The van der Waals surface area contributed by atoms with Gasteiger partial charge in [0.15, 0.2) is 0 Å². The van der Waals surface area contributed by atoms with Crippen molar-refractivity contribution in [3.63, 3.8) is 0 Å². The fraction of sp³-hybridized carbons (Fsp3) is 0.833. The molecule has 0 spiro atoms. The molecule has 0 aliphatic rings. The Hall–Kier alpha value is -0.330. The predicted octanol–water partition coefficient (Wildman–Crippen LogP) is 1.73.